The van der Waals surface area contributed by atoms with Crippen molar-refractivity contribution in [2.45, 2.75) is 31.7 Å². The monoisotopic (exact) mass is 245 g/mol. The zero-order chi connectivity index (χ0) is 12.0. The summed E-state index contributed by atoms with van der Waals surface area (Å²) in [5.41, 5.74) is 0. The lowest BCUT2D eigenvalue weighted by molar-refractivity contribution is 0.243. The number of hydrogen-bond acceptors (Lipinski definition) is 4. The first kappa shape index (κ1) is 13.4. The average molecular weight is 245 g/mol. The van der Waals surface area contributed by atoms with Gasteiger partial charge in [0.1, 0.15) is 18.1 Å². The Morgan fingerprint density at radius 3 is 2.75 bits per heavy atom. The third-order valence-electron chi connectivity index (χ3n) is 2.47. The van der Waals surface area contributed by atoms with E-state index in [9.17, 15) is 4.21 Å². The van der Waals surface area contributed by atoms with E-state index in [4.69, 9.17) is 9.52 Å². The summed E-state index contributed by atoms with van der Waals surface area (Å²) in [4.78, 5) is 0. The van der Waals surface area contributed by atoms with Crippen LogP contribution in [-0.2, 0) is 24.0 Å². The highest BCUT2D eigenvalue weighted by atomic mass is 32.2. The molecule has 0 fully saturated rings. The van der Waals surface area contributed by atoms with Gasteiger partial charge in [-0.2, -0.15) is 0 Å². The van der Waals surface area contributed by atoms with Crippen LogP contribution in [0.1, 0.15) is 24.9 Å². The Hall–Kier alpha value is -0.650. The summed E-state index contributed by atoms with van der Waals surface area (Å²) in [5, 5.41) is 12.2. The van der Waals surface area contributed by atoms with Crippen LogP contribution >= 0.6 is 0 Å². The van der Waals surface area contributed by atoms with Gasteiger partial charge in [0.2, 0.25) is 0 Å². The van der Waals surface area contributed by atoms with Crippen molar-refractivity contribution in [1.82, 2.24) is 5.32 Å². The number of furan rings is 1. The summed E-state index contributed by atoms with van der Waals surface area (Å²) in [6.07, 6.45) is 2.61. The van der Waals surface area contributed by atoms with E-state index >= 15 is 0 Å². The van der Waals surface area contributed by atoms with E-state index in [1.807, 2.05) is 13.0 Å². The Morgan fingerprint density at radius 1 is 1.50 bits per heavy atom. The van der Waals surface area contributed by atoms with Gasteiger partial charge in [0.15, 0.2) is 0 Å². The van der Waals surface area contributed by atoms with Gasteiger partial charge < -0.3 is 14.8 Å². The molecular weight excluding hydrogens is 226 g/mol. The lowest BCUT2D eigenvalue weighted by Gasteiger charge is -2.08. The van der Waals surface area contributed by atoms with Crippen molar-refractivity contribution in [3.63, 3.8) is 0 Å². The molecule has 4 nitrogen and oxygen atoms in total. The fourth-order valence-corrected chi connectivity index (χ4v) is 1.73. The molecule has 0 bridgehead atoms. The van der Waals surface area contributed by atoms with Gasteiger partial charge in [-0.15, -0.1) is 0 Å². The second-order valence-electron chi connectivity index (χ2n) is 3.80. The molecular formula is C11H19NO3S. The third kappa shape index (κ3) is 4.47. The quantitative estimate of drug-likeness (QED) is 0.704. The molecule has 0 aromatic carbocycles. The normalized spacial score (nSPS) is 14.9. The lowest BCUT2D eigenvalue weighted by atomic mass is 10.3. The maximum Gasteiger partial charge on any atom is 0.129 e. The Morgan fingerprint density at radius 2 is 2.19 bits per heavy atom. The highest BCUT2D eigenvalue weighted by Gasteiger charge is 2.05. The lowest BCUT2D eigenvalue weighted by Crippen LogP contribution is -2.20. The minimum Gasteiger partial charge on any atom is -0.462 e. The van der Waals surface area contributed by atoms with Crippen molar-refractivity contribution in [3.05, 3.63) is 23.7 Å². The highest BCUT2D eigenvalue weighted by molar-refractivity contribution is 7.84. The zero-order valence-electron chi connectivity index (χ0n) is 9.73. The van der Waals surface area contributed by atoms with Crippen LogP contribution in [0.2, 0.25) is 0 Å². The predicted octanol–water partition coefficient (Wildman–Crippen LogP) is 1.02. The van der Waals surface area contributed by atoms with Crippen molar-refractivity contribution < 1.29 is 13.7 Å². The van der Waals surface area contributed by atoms with Crippen molar-refractivity contribution >= 4 is 10.8 Å². The summed E-state index contributed by atoms with van der Waals surface area (Å²) in [5.74, 6) is 1.40. The molecule has 92 valence electrons. The molecule has 0 saturated heterocycles. The van der Waals surface area contributed by atoms with Crippen molar-refractivity contribution in [2.24, 2.45) is 0 Å². The van der Waals surface area contributed by atoms with Crippen LogP contribution in [0, 0.1) is 0 Å². The van der Waals surface area contributed by atoms with Gasteiger partial charge in [-0.05, 0) is 25.1 Å². The molecule has 1 rings (SSSR count). The molecule has 5 heteroatoms. The summed E-state index contributed by atoms with van der Waals surface area (Å²) < 4.78 is 16.4. The SMILES string of the molecule is CC(CCNCc1ccc(CO)o1)S(C)=O. The topological polar surface area (TPSA) is 62.5 Å². The molecule has 0 aliphatic heterocycles. The fraction of sp³-hybridized carbons (Fsp3) is 0.636. The van der Waals surface area contributed by atoms with Crippen LogP contribution in [-0.4, -0.2) is 27.4 Å². The molecule has 0 radical (unpaired) electrons. The number of hydrogen-bond donors (Lipinski definition) is 2. The highest BCUT2D eigenvalue weighted by Crippen LogP contribution is 2.07. The van der Waals surface area contributed by atoms with Crippen molar-refractivity contribution in [2.75, 3.05) is 12.8 Å². The van der Waals surface area contributed by atoms with Crippen LogP contribution in [0.5, 0.6) is 0 Å². The predicted molar refractivity (Wildman–Crippen MR) is 64.5 cm³/mol. The molecule has 2 unspecified atom stereocenters. The number of aliphatic hydroxyl groups excluding tert-OH is 1. The van der Waals surface area contributed by atoms with E-state index in [1.54, 1.807) is 12.3 Å². The minimum atomic E-state index is -0.752. The summed E-state index contributed by atoms with van der Waals surface area (Å²) in [6.45, 7) is 3.37. The minimum absolute atomic E-state index is 0.0636. The molecule has 0 amide bonds. The van der Waals surface area contributed by atoms with Crippen LogP contribution in [0.15, 0.2) is 16.5 Å². The maximum absolute atomic E-state index is 11.1. The molecule has 1 aromatic heterocycles. The molecule has 1 aromatic rings. The number of rotatable bonds is 7. The van der Waals surface area contributed by atoms with Gasteiger partial charge in [-0.3, -0.25) is 4.21 Å². The van der Waals surface area contributed by atoms with Crippen molar-refractivity contribution in [3.8, 4) is 0 Å². The smallest absolute Gasteiger partial charge is 0.129 e. The first-order valence-electron chi connectivity index (χ1n) is 5.35. The average Bonchev–Trinajstić information content (AvgIpc) is 2.71. The Balaban J connectivity index is 2.18. The Labute approximate surface area is 98.5 Å². The van der Waals surface area contributed by atoms with E-state index < -0.39 is 10.8 Å². The van der Waals surface area contributed by atoms with E-state index in [2.05, 4.69) is 5.32 Å². The zero-order valence-corrected chi connectivity index (χ0v) is 10.5. The van der Waals surface area contributed by atoms with E-state index in [0.717, 1.165) is 18.7 Å². The van der Waals surface area contributed by atoms with Crippen LogP contribution in [0.25, 0.3) is 0 Å². The Bertz CT molecular complexity index is 338. The number of aliphatic hydroxyl groups is 1. The first-order chi connectivity index (χ1) is 7.63. The second kappa shape index (κ2) is 6.83. The third-order valence-corrected chi connectivity index (χ3v) is 3.84. The molecule has 0 spiro atoms. The maximum atomic E-state index is 11.1. The van der Waals surface area contributed by atoms with Gasteiger partial charge in [0, 0.05) is 22.3 Å². The summed E-state index contributed by atoms with van der Waals surface area (Å²) in [7, 11) is -0.752. The van der Waals surface area contributed by atoms with Gasteiger partial charge in [-0.1, -0.05) is 6.92 Å². The largest absolute Gasteiger partial charge is 0.462 e. The van der Waals surface area contributed by atoms with Gasteiger partial charge in [-0.25, -0.2) is 0 Å². The standard InChI is InChI=1S/C11H19NO3S/c1-9(16(2)14)5-6-12-7-10-3-4-11(8-13)15-10/h3-4,9,12-13H,5-8H2,1-2H3. The van der Waals surface area contributed by atoms with Gasteiger partial charge in [0.05, 0.1) is 6.54 Å². The molecule has 1 heterocycles. The van der Waals surface area contributed by atoms with E-state index in [-0.39, 0.29) is 11.9 Å². The number of nitrogens with one attached hydrogen (secondary N) is 1. The van der Waals surface area contributed by atoms with E-state index in [1.165, 1.54) is 0 Å². The molecule has 0 saturated carbocycles. The van der Waals surface area contributed by atoms with Crippen molar-refractivity contribution in [1.29, 1.82) is 0 Å². The first-order valence-corrected chi connectivity index (χ1v) is 6.97. The molecule has 2 atom stereocenters. The molecule has 16 heavy (non-hydrogen) atoms. The van der Waals surface area contributed by atoms with Crippen LogP contribution in [0.4, 0.5) is 0 Å². The van der Waals surface area contributed by atoms with Crippen LogP contribution < -0.4 is 5.32 Å². The molecule has 0 aliphatic carbocycles. The Kier molecular flexibility index (Phi) is 5.73. The van der Waals surface area contributed by atoms with Gasteiger partial charge >= 0.3 is 0 Å². The van der Waals surface area contributed by atoms with Crippen LogP contribution in [0.3, 0.4) is 0 Å². The summed E-state index contributed by atoms with van der Waals surface area (Å²) >= 11 is 0. The van der Waals surface area contributed by atoms with Gasteiger partial charge in [0.25, 0.3) is 0 Å². The van der Waals surface area contributed by atoms with E-state index in [0.29, 0.717) is 12.3 Å². The second-order valence-corrected chi connectivity index (χ2v) is 5.60. The molecule has 0 aliphatic rings. The summed E-state index contributed by atoms with van der Waals surface area (Å²) in [6, 6.07) is 3.61. The fourth-order valence-electron chi connectivity index (χ4n) is 1.29. The molecule has 2 N–H and O–H groups in total.